The molecule has 4 aliphatic rings. The summed E-state index contributed by atoms with van der Waals surface area (Å²) < 4.78 is 7.14. The van der Waals surface area contributed by atoms with E-state index in [1.54, 1.807) is 0 Å². The molecule has 0 aromatic carbocycles. The van der Waals surface area contributed by atoms with Crippen LogP contribution >= 0.6 is 22.9 Å². The maximum absolute atomic E-state index is 13.2. The minimum Gasteiger partial charge on any atom is -0.481 e. The number of hydrogen-bond donors (Lipinski definition) is 2. The number of carbonyl (C=O) groups is 4. The highest BCUT2D eigenvalue weighted by atomic mass is 35.5. The van der Waals surface area contributed by atoms with Crippen LogP contribution in [0.5, 0.6) is 0 Å². The van der Waals surface area contributed by atoms with Gasteiger partial charge < -0.3 is 15.2 Å². The minimum atomic E-state index is -0.776. The molecule has 0 bridgehead atoms. The highest BCUT2D eigenvalue weighted by Crippen LogP contribution is 2.68. The lowest BCUT2D eigenvalue weighted by atomic mass is 9.44. The Bertz CT molecular complexity index is 1270. The molecule has 1 heterocycles. The molecule has 46 heavy (non-hydrogen) atoms. The molecule has 5 rings (SSSR count). The number of hydrogen-bond acceptors (Lipinski definition) is 6. The number of fused-ring (bicyclic) bond motifs is 5. The molecule has 4 aliphatic carbocycles. The Hall–Kier alpha value is -1.93. The molecule has 256 valence electrons. The SMILES string of the molecule is CC[C@@H](NC(=O)CC[C@H]1CC[C@H]2[C@@H]3[C@H](OC(=O)CCCCCCC(=O)O)C[C@@H]4CC(=O)CC[C@]4(C)[C@H]3CC[C@]12C)c1ccc(Cl)s1. The van der Waals surface area contributed by atoms with Crippen molar-refractivity contribution >= 4 is 46.6 Å². The third-order valence-electron chi connectivity index (χ3n) is 12.9. The molecule has 0 unspecified atom stereocenters. The Balaban J connectivity index is 1.24. The van der Waals surface area contributed by atoms with Gasteiger partial charge in [-0.2, -0.15) is 0 Å². The van der Waals surface area contributed by atoms with Crippen LogP contribution in [0.1, 0.15) is 141 Å². The number of carboxylic acids is 1. The van der Waals surface area contributed by atoms with Crippen LogP contribution in [0.4, 0.5) is 0 Å². The molecular weight excluding hydrogens is 622 g/mol. The minimum absolute atomic E-state index is 0.00848. The third kappa shape index (κ3) is 7.69. The van der Waals surface area contributed by atoms with Crippen LogP contribution in [0.15, 0.2) is 12.1 Å². The summed E-state index contributed by atoms with van der Waals surface area (Å²) in [6, 6.07) is 3.89. The van der Waals surface area contributed by atoms with Gasteiger partial charge in [0.25, 0.3) is 0 Å². The zero-order valence-electron chi connectivity index (χ0n) is 28.0. The molecule has 0 saturated heterocycles. The number of aliphatic carboxylic acids is 1. The fraction of sp³-hybridized carbons (Fsp3) is 0.784. The summed E-state index contributed by atoms with van der Waals surface area (Å²) in [7, 11) is 0. The largest absolute Gasteiger partial charge is 0.481 e. The number of thiophene rings is 1. The van der Waals surface area contributed by atoms with Crippen LogP contribution < -0.4 is 5.32 Å². The Morgan fingerprint density at radius 1 is 1.02 bits per heavy atom. The van der Waals surface area contributed by atoms with Gasteiger partial charge in [-0.3, -0.25) is 19.2 Å². The van der Waals surface area contributed by atoms with Crippen molar-refractivity contribution in [3.63, 3.8) is 0 Å². The molecule has 9 atom stereocenters. The van der Waals surface area contributed by atoms with E-state index in [9.17, 15) is 19.2 Å². The van der Waals surface area contributed by atoms with Crippen LogP contribution in [0, 0.1) is 40.4 Å². The number of ketones is 1. The quantitative estimate of drug-likeness (QED) is 0.151. The molecule has 0 spiro atoms. The van der Waals surface area contributed by atoms with Crippen molar-refractivity contribution in [1.82, 2.24) is 5.32 Å². The first-order valence-corrected chi connectivity index (χ1v) is 19.1. The summed E-state index contributed by atoms with van der Waals surface area (Å²) in [5.41, 5.74) is 0.208. The van der Waals surface area contributed by atoms with Crippen molar-refractivity contribution in [2.75, 3.05) is 0 Å². The van der Waals surface area contributed by atoms with Crippen LogP contribution in [0.25, 0.3) is 0 Å². The molecule has 2 N–H and O–H groups in total. The van der Waals surface area contributed by atoms with E-state index in [-0.39, 0.29) is 47.2 Å². The predicted molar refractivity (Wildman–Crippen MR) is 181 cm³/mol. The lowest BCUT2D eigenvalue weighted by Crippen LogP contribution is -2.59. The van der Waals surface area contributed by atoms with Crippen molar-refractivity contribution in [3.05, 3.63) is 21.3 Å². The first kappa shape index (κ1) is 35.4. The van der Waals surface area contributed by atoms with Crippen molar-refractivity contribution in [2.24, 2.45) is 40.4 Å². The standard InChI is InChI=1S/C37H54ClNO6S/c1-4-28(30-14-15-31(38)46-30)39-32(41)16-12-23-11-13-26-35-27(18-20-36(23,26)2)37(3)19-17-25(40)21-24(37)22-29(35)45-34(44)10-8-6-5-7-9-33(42)43/h14-15,23-24,26-29,35H,4-13,16-22H2,1-3H3,(H,39,41)(H,42,43)/t23-,24+,26+,27+,28-,29-,35+,36-,37+/m1/s1. The van der Waals surface area contributed by atoms with Gasteiger partial charge in [0.2, 0.25) is 5.91 Å². The number of esters is 1. The molecule has 0 aliphatic heterocycles. The number of unbranched alkanes of at least 4 members (excludes halogenated alkanes) is 3. The van der Waals surface area contributed by atoms with Gasteiger partial charge in [-0.1, -0.05) is 45.2 Å². The Kier molecular flexibility index (Phi) is 11.6. The summed E-state index contributed by atoms with van der Waals surface area (Å²) in [4.78, 5) is 50.9. The zero-order chi connectivity index (χ0) is 33.1. The summed E-state index contributed by atoms with van der Waals surface area (Å²) in [5, 5.41) is 12.1. The monoisotopic (exact) mass is 675 g/mol. The Morgan fingerprint density at radius 2 is 1.76 bits per heavy atom. The van der Waals surface area contributed by atoms with E-state index in [1.165, 1.54) is 11.3 Å². The number of amides is 1. The van der Waals surface area contributed by atoms with Gasteiger partial charge in [0.1, 0.15) is 11.9 Å². The van der Waals surface area contributed by atoms with Crippen LogP contribution in [-0.4, -0.2) is 34.8 Å². The fourth-order valence-corrected chi connectivity index (χ4v) is 11.5. The van der Waals surface area contributed by atoms with E-state index >= 15 is 0 Å². The second kappa shape index (κ2) is 15.1. The van der Waals surface area contributed by atoms with Gasteiger partial charge in [0.15, 0.2) is 0 Å². The summed E-state index contributed by atoms with van der Waals surface area (Å²) >= 11 is 7.69. The third-order valence-corrected chi connectivity index (χ3v) is 14.2. The number of Topliss-reactive ketones (excluding diaryl/α,β-unsaturated/α-hetero) is 1. The maximum Gasteiger partial charge on any atom is 0.306 e. The lowest BCUT2D eigenvalue weighted by Gasteiger charge is -2.62. The van der Waals surface area contributed by atoms with Crippen LogP contribution in [0.3, 0.4) is 0 Å². The van der Waals surface area contributed by atoms with E-state index in [4.69, 9.17) is 21.4 Å². The molecule has 4 fully saturated rings. The molecule has 7 nitrogen and oxygen atoms in total. The summed E-state index contributed by atoms with van der Waals surface area (Å²) in [6.45, 7) is 6.95. The molecule has 9 heteroatoms. The molecule has 4 saturated carbocycles. The van der Waals surface area contributed by atoms with Crippen LogP contribution in [-0.2, 0) is 23.9 Å². The fourth-order valence-electron chi connectivity index (χ4n) is 10.3. The average molecular weight is 676 g/mol. The van der Waals surface area contributed by atoms with Crippen molar-refractivity contribution < 1.29 is 29.0 Å². The second-order valence-corrected chi connectivity index (χ2v) is 17.1. The average Bonchev–Trinajstić information content (AvgIpc) is 3.59. The van der Waals surface area contributed by atoms with E-state index in [2.05, 4.69) is 26.1 Å². The van der Waals surface area contributed by atoms with Gasteiger partial charge in [0, 0.05) is 42.9 Å². The lowest BCUT2D eigenvalue weighted by molar-refractivity contribution is -0.190. The predicted octanol–water partition coefficient (Wildman–Crippen LogP) is 8.92. The second-order valence-electron chi connectivity index (χ2n) is 15.3. The highest BCUT2D eigenvalue weighted by Gasteiger charge is 2.63. The zero-order valence-corrected chi connectivity index (χ0v) is 29.6. The van der Waals surface area contributed by atoms with E-state index < -0.39 is 5.97 Å². The highest BCUT2D eigenvalue weighted by molar-refractivity contribution is 7.16. The van der Waals surface area contributed by atoms with Gasteiger partial charge >= 0.3 is 11.9 Å². The van der Waals surface area contributed by atoms with Gasteiger partial charge in [-0.25, -0.2) is 0 Å². The van der Waals surface area contributed by atoms with Crippen molar-refractivity contribution in [2.45, 2.75) is 142 Å². The van der Waals surface area contributed by atoms with Crippen LogP contribution in [0.2, 0.25) is 4.34 Å². The van der Waals surface area contributed by atoms with Crippen molar-refractivity contribution in [1.29, 1.82) is 0 Å². The number of rotatable bonds is 14. The topological polar surface area (TPSA) is 110 Å². The smallest absolute Gasteiger partial charge is 0.306 e. The first-order chi connectivity index (χ1) is 21.9. The summed E-state index contributed by atoms with van der Waals surface area (Å²) in [6.07, 6.45) is 13.0. The number of nitrogens with one attached hydrogen (secondary N) is 1. The van der Waals surface area contributed by atoms with Gasteiger partial charge in [0.05, 0.1) is 10.4 Å². The summed E-state index contributed by atoms with van der Waals surface area (Å²) in [5.74, 6) is 1.42. The molecule has 1 aromatic heterocycles. The maximum atomic E-state index is 13.2. The molecule has 1 amide bonds. The first-order valence-electron chi connectivity index (χ1n) is 17.9. The molecular formula is C37H54ClNO6S. The Labute approximate surface area is 283 Å². The molecule has 1 aromatic rings. The number of carbonyl (C=O) groups excluding carboxylic acids is 3. The Morgan fingerprint density at radius 3 is 2.46 bits per heavy atom. The van der Waals surface area contributed by atoms with E-state index in [1.807, 2.05) is 12.1 Å². The van der Waals surface area contributed by atoms with Gasteiger partial charge in [-0.05, 0) is 111 Å². The normalized spacial score (nSPS) is 34.2. The van der Waals surface area contributed by atoms with Gasteiger partial charge in [-0.15, -0.1) is 11.3 Å². The van der Waals surface area contributed by atoms with Crippen molar-refractivity contribution in [3.8, 4) is 0 Å². The number of ether oxygens (including phenoxy) is 1. The number of halogens is 1. The number of carboxylic acid groups (broad SMARTS) is 1. The molecule has 0 radical (unpaired) electrons. The van der Waals surface area contributed by atoms with E-state index in [0.29, 0.717) is 68.0 Å². The van der Waals surface area contributed by atoms with E-state index in [0.717, 1.165) is 73.4 Å².